The number of nitrogens with one attached hydrogen (secondary N) is 1. The molecule has 0 bridgehead atoms. The first-order valence-corrected chi connectivity index (χ1v) is 8.36. The quantitative estimate of drug-likeness (QED) is 0.674. The fourth-order valence-electron chi connectivity index (χ4n) is 2.65. The average Bonchev–Trinajstić information content (AvgIpc) is 2.67. The molecule has 0 aliphatic carbocycles. The van der Waals surface area contributed by atoms with Crippen molar-refractivity contribution in [2.24, 2.45) is 0 Å². The van der Waals surface area contributed by atoms with Gasteiger partial charge in [-0.1, -0.05) is 43.3 Å². The first kappa shape index (κ1) is 19.5. The molecule has 1 atom stereocenters. The van der Waals surface area contributed by atoms with Crippen molar-refractivity contribution in [2.75, 3.05) is 20.3 Å². The second-order valence-corrected chi connectivity index (χ2v) is 5.75. The van der Waals surface area contributed by atoms with Crippen LogP contribution in [0.1, 0.15) is 29.3 Å². The van der Waals surface area contributed by atoms with Crippen molar-refractivity contribution in [3.63, 3.8) is 0 Å². The lowest BCUT2D eigenvalue weighted by Crippen LogP contribution is -2.51. The first-order chi connectivity index (χ1) is 12.5. The average molecular weight is 357 g/mol. The number of hydrogen-bond acceptors (Lipinski definition) is 4. The van der Waals surface area contributed by atoms with Gasteiger partial charge in [0.05, 0.1) is 6.61 Å². The summed E-state index contributed by atoms with van der Waals surface area (Å²) < 4.78 is 10.4. The number of ether oxygens (including phenoxy) is 2. The van der Waals surface area contributed by atoms with Crippen LogP contribution in [-0.2, 0) is 15.1 Å². The summed E-state index contributed by atoms with van der Waals surface area (Å²) in [5.74, 6) is -1.06. The second kappa shape index (κ2) is 9.01. The molecule has 0 spiro atoms. The van der Waals surface area contributed by atoms with Crippen LogP contribution in [0.25, 0.3) is 0 Å². The molecule has 2 aromatic rings. The van der Waals surface area contributed by atoms with Gasteiger partial charge in [-0.2, -0.15) is 0 Å². The third kappa shape index (κ3) is 4.40. The maximum absolute atomic E-state index is 12.7. The van der Waals surface area contributed by atoms with Gasteiger partial charge < -0.3 is 19.9 Å². The molecule has 1 unspecified atom stereocenters. The standard InChI is InChI=1S/C20H23NO5/c1-3-20(19(23)24,16-9-5-4-6-10-16)21-18(22)15-8-7-11-17(14-15)26-13-12-25-2/h4-11,14H,3,12-13H2,1-2H3,(H,21,22)(H,23,24). The van der Waals surface area contributed by atoms with E-state index in [1.54, 1.807) is 68.6 Å². The van der Waals surface area contributed by atoms with Crippen LogP contribution in [0, 0.1) is 0 Å². The molecule has 0 aliphatic heterocycles. The largest absolute Gasteiger partial charge is 0.491 e. The van der Waals surface area contributed by atoms with Gasteiger partial charge in [-0.25, -0.2) is 4.79 Å². The van der Waals surface area contributed by atoms with Crippen LogP contribution in [0.3, 0.4) is 0 Å². The van der Waals surface area contributed by atoms with Crippen molar-refractivity contribution >= 4 is 11.9 Å². The summed E-state index contributed by atoms with van der Waals surface area (Å²) in [5, 5.41) is 12.5. The number of carboxylic acids is 1. The highest BCUT2D eigenvalue weighted by molar-refractivity contribution is 5.98. The maximum atomic E-state index is 12.7. The van der Waals surface area contributed by atoms with E-state index < -0.39 is 17.4 Å². The Morgan fingerprint density at radius 1 is 1.08 bits per heavy atom. The van der Waals surface area contributed by atoms with E-state index in [4.69, 9.17) is 9.47 Å². The number of methoxy groups -OCH3 is 1. The van der Waals surface area contributed by atoms with Crippen molar-refractivity contribution in [2.45, 2.75) is 18.9 Å². The molecule has 0 heterocycles. The molecule has 2 rings (SSSR count). The Morgan fingerprint density at radius 2 is 1.81 bits per heavy atom. The van der Waals surface area contributed by atoms with Crippen molar-refractivity contribution in [3.05, 3.63) is 65.7 Å². The molecular formula is C20H23NO5. The summed E-state index contributed by atoms with van der Waals surface area (Å²) in [7, 11) is 1.58. The Morgan fingerprint density at radius 3 is 2.42 bits per heavy atom. The molecule has 2 aromatic carbocycles. The van der Waals surface area contributed by atoms with Crippen molar-refractivity contribution < 1.29 is 24.2 Å². The predicted octanol–water partition coefficient (Wildman–Crippen LogP) is 2.83. The molecule has 0 aliphatic rings. The number of aliphatic carboxylic acids is 1. The molecular weight excluding hydrogens is 334 g/mol. The number of carbonyl (C=O) groups excluding carboxylic acids is 1. The number of amides is 1. The molecule has 6 nitrogen and oxygen atoms in total. The first-order valence-electron chi connectivity index (χ1n) is 8.36. The third-order valence-electron chi connectivity index (χ3n) is 4.14. The van der Waals surface area contributed by atoms with E-state index in [-0.39, 0.29) is 6.42 Å². The van der Waals surface area contributed by atoms with Gasteiger partial charge in [-0.15, -0.1) is 0 Å². The number of hydrogen-bond donors (Lipinski definition) is 2. The Labute approximate surface area is 152 Å². The Balaban J connectivity index is 2.25. The monoisotopic (exact) mass is 357 g/mol. The Hall–Kier alpha value is -2.86. The molecule has 1 amide bonds. The van der Waals surface area contributed by atoms with Crippen LogP contribution < -0.4 is 10.1 Å². The zero-order valence-corrected chi connectivity index (χ0v) is 14.9. The van der Waals surface area contributed by atoms with E-state index in [1.165, 1.54) is 0 Å². The van der Waals surface area contributed by atoms with Crippen LogP contribution in [0.2, 0.25) is 0 Å². The van der Waals surface area contributed by atoms with Gasteiger partial charge in [0.15, 0.2) is 5.54 Å². The number of carbonyl (C=O) groups is 2. The predicted molar refractivity (Wildman–Crippen MR) is 97.3 cm³/mol. The minimum atomic E-state index is -1.49. The Kier molecular flexibility index (Phi) is 6.74. The lowest BCUT2D eigenvalue weighted by molar-refractivity contribution is -0.145. The molecule has 26 heavy (non-hydrogen) atoms. The van der Waals surface area contributed by atoms with Crippen molar-refractivity contribution in [1.29, 1.82) is 0 Å². The van der Waals surface area contributed by atoms with Crippen LogP contribution >= 0.6 is 0 Å². The lowest BCUT2D eigenvalue weighted by atomic mass is 9.87. The summed E-state index contributed by atoms with van der Waals surface area (Å²) in [6.07, 6.45) is 0.210. The fraction of sp³-hybridized carbons (Fsp3) is 0.300. The second-order valence-electron chi connectivity index (χ2n) is 5.75. The van der Waals surface area contributed by atoms with Gasteiger partial charge in [-0.05, 0) is 30.2 Å². The number of rotatable bonds is 9. The summed E-state index contributed by atoms with van der Waals surface area (Å²) in [4.78, 5) is 24.7. The van der Waals surface area contributed by atoms with Crippen LogP contribution in [0.15, 0.2) is 54.6 Å². The van der Waals surface area contributed by atoms with Crippen LogP contribution in [0.4, 0.5) is 0 Å². The highest BCUT2D eigenvalue weighted by Crippen LogP contribution is 2.26. The number of carboxylic acid groups (broad SMARTS) is 1. The highest BCUT2D eigenvalue weighted by Gasteiger charge is 2.40. The molecule has 6 heteroatoms. The lowest BCUT2D eigenvalue weighted by Gasteiger charge is -2.30. The van der Waals surface area contributed by atoms with Crippen LogP contribution in [-0.4, -0.2) is 37.3 Å². The topological polar surface area (TPSA) is 84.9 Å². The summed E-state index contributed by atoms with van der Waals surface area (Å²) in [6, 6.07) is 15.3. The molecule has 0 saturated heterocycles. The minimum absolute atomic E-state index is 0.210. The van der Waals surface area contributed by atoms with Gasteiger partial charge in [0.2, 0.25) is 0 Å². The zero-order chi connectivity index (χ0) is 19.0. The minimum Gasteiger partial charge on any atom is -0.491 e. The van der Waals surface area contributed by atoms with E-state index in [1.807, 2.05) is 0 Å². The Bertz CT molecular complexity index is 747. The van der Waals surface area contributed by atoms with E-state index in [9.17, 15) is 14.7 Å². The summed E-state index contributed by atoms with van der Waals surface area (Å²) in [5.41, 5.74) is -0.642. The molecule has 0 saturated carbocycles. The van der Waals surface area contributed by atoms with Gasteiger partial charge in [0, 0.05) is 12.7 Å². The van der Waals surface area contributed by atoms with Crippen molar-refractivity contribution in [1.82, 2.24) is 5.32 Å². The van der Waals surface area contributed by atoms with Gasteiger partial charge >= 0.3 is 5.97 Å². The smallest absolute Gasteiger partial charge is 0.334 e. The summed E-state index contributed by atoms with van der Waals surface area (Å²) in [6.45, 7) is 2.52. The maximum Gasteiger partial charge on any atom is 0.334 e. The van der Waals surface area contributed by atoms with E-state index in [2.05, 4.69) is 5.32 Å². The molecule has 2 N–H and O–H groups in total. The molecule has 0 fully saturated rings. The van der Waals surface area contributed by atoms with Crippen LogP contribution in [0.5, 0.6) is 5.75 Å². The third-order valence-corrected chi connectivity index (χ3v) is 4.14. The highest BCUT2D eigenvalue weighted by atomic mass is 16.5. The van der Waals surface area contributed by atoms with E-state index in [0.29, 0.717) is 30.1 Å². The SMILES string of the molecule is CCC(NC(=O)c1cccc(OCCOC)c1)(C(=O)O)c1ccccc1. The molecule has 138 valence electrons. The summed E-state index contributed by atoms with van der Waals surface area (Å²) >= 11 is 0. The normalized spacial score (nSPS) is 12.8. The molecule has 0 radical (unpaired) electrons. The zero-order valence-electron chi connectivity index (χ0n) is 14.9. The van der Waals surface area contributed by atoms with Gasteiger partial charge in [0.1, 0.15) is 12.4 Å². The fourth-order valence-corrected chi connectivity index (χ4v) is 2.65. The van der Waals surface area contributed by atoms with E-state index in [0.717, 1.165) is 0 Å². The molecule has 0 aromatic heterocycles. The number of benzene rings is 2. The van der Waals surface area contributed by atoms with E-state index >= 15 is 0 Å². The van der Waals surface area contributed by atoms with Gasteiger partial charge in [-0.3, -0.25) is 4.79 Å². The van der Waals surface area contributed by atoms with Crippen molar-refractivity contribution in [3.8, 4) is 5.75 Å². The van der Waals surface area contributed by atoms with Gasteiger partial charge in [0.25, 0.3) is 5.91 Å².